The highest BCUT2D eigenvalue weighted by atomic mass is 79.9. The van der Waals surface area contributed by atoms with Gasteiger partial charge in [-0.25, -0.2) is 4.98 Å². The van der Waals surface area contributed by atoms with Crippen LogP contribution in [0.1, 0.15) is 5.82 Å². The number of rotatable bonds is 1. The minimum absolute atomic E-state index is 0.402. The van der Waals surface area contributed by atoms with Crippen molar-refractivity contribution >= 4 is 54.5 Å². The molecule has 0 atom stereocenters. The quantitative estimate of drug-likeness (QED) is 0.794. The van der Waals surface area contributed by atoms with Crippen molar-refractivity contribution in [3.8, 4) is 0 Å². The number of hydrogen-bond acceptors (Lipinski definition) is 1. The molecule has 2 rings (SSSR count). The van der Waals surface area contributed by atoms with E-state index in [1.54, 1.807) is 0 Å². The number of nitrogens with zero attached hydrogens (tertiary/aromatic N) is 1. The van der Waals surface area contributed by atoms with E-state index in [0.717, 1.165) is 25.8 Å². The highest BCUT2D eigenvalue weighted by molar-refractivity contribution is 9.11. The van der Waals surface area contributed by atoms with Crippen molar-refractivity contribution in [2.24, 2.45) is 0 Å². The molecule has 1 aromatic carbocycles. The lowest BCUT2D eigenvalue weighted by Gasteiger charge is -1.93. The Labute approximate surface area is 96.9 Å². The fourth-order valence-corrected chi connectivity index (χ4v) is 2.60. The number of H-pyrrole nitrogens is 1. The summed E-state index contributed by atoms with van der Waals surface area (Å²) in [6.45, 7) is 0. The fourth-order valence-electron chi connectivity index (χ4n) is 1.16. The van der Waals surface area contributed by atoms with Crippen LogP contribution in [0.3, 0.4) is 0 Å². The number of hydrogen-bond donors (Lipinski definition) is 1. The van der Waals surface area contributed by atoms with Gasteiger partial charge in [-0.1, -0.05) is 15.9 Å². The second-order valence-corrected chi connectivity index (χ2v) is 4.64. The molecule has 5 heteroatoms. The second-order valence-electron chi connectivity index (χ2n) is 2.60. The van der Waals surface area contributed by atoms with Crippen LogP contribution in [0.4, 0.5) is 0 Å². The van der Waals surface area contributed by atoms with E-state index in [9.17, 15) is 0 Å². The molecule has 0 unspecified atom stereocenters. The van der Waals surface area contributed by atoms with Gasteiger partial charge in [-0.15, -0.1) is 11.6 Å². The molecule has 0 amide bonds. The largest absolute Gasteiger partial charge is 0.341 e. The second kappa shape index (κ2) is 3.59. The van der Waals surface area contributed by atoms with E-state index < -0.39 is 0 Å². The summed E-state index contributed by atoms with van der Waals surface area (Å²) < 4.78 is 1.97. The number of aromatic nitrogens is 2. The van der Waals surface area contributed by atoms with Crippen molar-refractivity contribution in [1.29, 1.82) is 0 Å². The molecule has 0 radical (unpaired) electrons. The maximum absolute atomic E-state index is 5.67. The van der Waals surface area contributed by atoms with Crippen LogP contribution in [0.25, 0.3) is 11.0 Å². The predicted molar refractivity (Wildman–Crippen MR) is 61.1 cm³/mol. The number of benzene rings is 1. The summed E-state index contributed by atoms with van der Waals surface area (Å²) in [6, 6.07) is 3.93. The van der Waals surface area contributed by atoms with Crippen molar-refractivity contribution in [2.45, 2.75) is 5.88 Å². The third-order valence-electron chi connectivity index (χ3n) is 1.68. The molecule has 0 aliphatic carbocycles. The van der Waals surface area contributed by atoms with Crippen LogP contribution >= 0.6 is 43.5 Å². The first kappa shape index (κ1) is 9.49. The van der Waals surface area contributed by atoms with Crippen LogP contribution < -0.4 is 0 Å². The predicted octanol–water partition coefficient (Wildman–Crippen LogP) is 3.83. The van der Waals surface area contributed by atoms with Crippen molar-refractivity contribution < 1.29 is 0 Å². The van der Waals surface area contributed by atoms with Crippen molar-refractivity contribution in [3.63, 3.8) is 0 Å². The van der Waals surface area contributed by atoms with E-state index in [-0.39, 0.29) is 0 Å². The zero-order valence-electron chi connectivity index (χ0n) is 6.44. The van der Waals surface area contributed by atoms with Gasteiger partial charge in [0.2, 0.25) is 0 Å². The highest BCUT2D eigenvalue weighted by Gasteiger charge is 2.06. The van der Waals surface area contributed by atoms with Gasteiger partial charge in [0.1, 0.15) is 11.3 Å². The smallest absolute Gasteiger partial charge is 0.122 e. The Morgan fingerprint density at radius 3 is 2.85 bits per heavy atom. The van der Waals surface area contributed by atoms with Crippen LogP contribution in [0, 0.1) is 0 Å². The van der Waals surface area contributed by atoms with Gasteiger partial charge in [0.25, 0.3) is 0 Å². The van der Waals surface area contributed by atoms with E-state index in [1.165, 1.54) is 0 Å². The standard InChI is InChI=1S/C8H5Br2ClN2/c9-4-1-5(10)8-6(2-4)12-7(3-11)13-8/h1-2H,3H2,(H,12,13). The fraction of sp³-hybridized carbons (Fsp3) is 0.125. The summed E-state index contributed by atoms with van der Waals surface area (Å²) in [5.74, 6) is 1.19. The number of imidazole rings is 1. The molecule has 2 nitrogen and oxygen atoms in total. The Morgan fingerprint density at radius 2 is 2.15 bits per heavy atom. The van der Waals surface area contributed by atoms with Crippen LogP contribution in [0.5, 0.6) is 0 Å². The Kier molecular flexibility index (Phi) is 2.62. The number of aromatic amines is 1. The van der Waals surface area contributed by atoms with E-state index in [1.807, 2.05) is 12.1 Å². The molecule has 0 aliphatic heterocycles. The van der Waals surface area contributed by atoms with Gasteiger partial charge < -0.3 is 4.98 Å². The highest BCUT2D eigenvalue weighted by Crippen LogP contribution is 2.26. The average Bonchev–Trinajstić information content (AvgIpc) is 2.47. The number of alkyl halides is 1. The first-order chi connectivity index (χ1) is 6.20. The average molecular weight is 324 g/mol. The summed E-state index contributed by atoms with van der Waals surface area (Å²) in [6.07, 6.45) is 0. The lowest BCUT2D eigenvalue weighted by Crippen LogP contribution is -1.77. The van der Waals surface area contributed by atoms with Gasteiger partial charge in [-0.05, 0) is 28.1 Å². The van der Waals surface area contributed by atoms with E-state index >= 15 is 0 Å². The van der Waals surface area contributed by atoms with E-state index in [2.05, 4.69) is 41.8 Å². The molecule has 0 fully saturated rings. The van der Waals surface area contributed by atoms with E-state index in [4.69, 9.17) is 11.6 Å². The number of fused-ring (bicyclic) bond motifs is 1. The molecular weight excluding hydrogens is 319 g/mol. The third-order valence-corrected chi connectivity index (χ3v) is 3.00. The molecule has 1 aromatic heterocycles. The summed E-state index contributed by atoms with van der Waals surface area (Å²) in [4.78, 5) is 7.44. The molecule has 0 aliphatic rings. The maximum Gasteiger partial charge on any atom is 0.122 e. The minimum atomic E-state index is 0.402. The molecule has 0 saturated heterocycles. The molecule has 1 heterocycles. The first-order valence-corrected chi connectivity index (χ1v) is 5.72. The zero-order chi connectivity index (χ0) is 9.42. The van der Waals surface area contributed by atoms with Gasteiger partial charge in [0.05, 0.1) is 11.4 Å². The van der Waals surface area contributed by atoms with Crippen LogP contribution in [0.15, 0.2) is 21.1 Å². The lowest BCUT2D eigenvalue weighted by molar-refractivity contribution is 1.13. The number of halogens is 3. The summed E-state index contributed by atoms with van der Waals surface area (Å²) in [7, 11) is 0. The molecule has 0 bridgehead atoms. The third kappa shape index (κ3) is 1.75. The van der Waals surface area contributed by atoms with Crippen molar-refractivity contribution in [3.05, 3.63) is 26.9 Å². The van der Waals surface area contributed by atoms with Crippen molar-refractivity contribution in [2.75, 3.05) is 0 Å². The summed E-state index contributed by atoms with van der Waals surface area (Å²) in [5, 5.41) is 0. The van der Waals surface area contributed by atoms with Gasteiger partial charge >= 0.3 is 0 Å². The topological polar surface area (TPSA) is 28.7 Å². The molecule has 13 heavy (non-hydrogen) atoms. The molecule has 0 saturated carbocycles. The summed E-state index contributed by atoms with van der Waals surface area (Å²) in [5.41, 5.74) is 1.90. The Hall–Kier alpha value is -0.0600. The SMILES string of the molecule is ClCc1nc2c(Br)cc(Br)cc2[nH]1. The normalized spacial score (nSPS) is 11.0. The molecule has 1 N–H and O–H groups in total. The van der Waals surface area contributed by atoms with Crippen LogP contribution in [-0.4, -0.2) is 9.97 Å². The zero-order valence-corrected chi connectivity index (χ0v) is 10.4. The van der Waals surface area contributed by atoms with Gasteiger partial charge in [-0.3, -0.25) is 0 Å². The van der Waals surface area contributed by atoms with Gasteiger partial charge in [0, 0.05) is 8.95 Å². The summed E-state index contributed by atoms with van der Waals surface area (Å²) >= 11 is 12.5. The number of nitrogens with one attached hydrogen (secondary N) is 1. The monoisotopic (exact) mass is 322 g/mol. The van der Waals surface area contributed by atoms with Gasteiger partial charge in [0.15, 0.2) is 0 Å². The molecular formula is C8H5Br2ClN2. The Bertz CT molecular complexity index is 453. The maximum atomic E-state index is 5.67. The Balaban J connectivity index is 2.75. The Morgan fingerprint density at radius 1 is 1.38 bits per heavy atom. The van der Waals surface area contributed by atoms with Crippen molar-refractivity contribution in [1.82, 2.24) is 9.97 Å². The van der Waals surface area contributed by atoms with Crippen LogP contribution in [0.2, 0.25) is 0 Å². The molecule has 0 spiro atoms. The molecule has 68 valence electrons. The van der Waals surface area contributed by atoms with Crippen LogP contribution in [-0.2, 0) is 5.88 Å². The van der Waals surface area contributed by atoms with E-state index in [0.29, 0.717) is 5.88 Å². The minimum Gasteiger partial charge on any atom is -0.341 e. The molecule has 2 aromatic rings. The van der Waals surface area contributed by atoms with Gasteiger partial charge in [-0.2, -0.15) is 0 Å². The first-order valence-electron chi connectivity index (χ1n) is 3.60. The lowest BCUT2D eigenvalue weighted by atomic mass is 10.3.